The Morgan fingerprint density at radius 3 is 2.40 bits per heavy atom. The smallest absolute Gasteiger partial charge is 0.132 e. The van der Waals surface area contributed by atoms with Crippen molar-refractivity contribution in [1.82, 2.24) is 0 Å². The summed E-state index contributed by atoms with van der Waals surface area (Å²) >= 11 is 1.97. The fraction of sp³-hybridized carbons (Fsp3) is 0.143. The van der Waals surface area contributed by atoms with Gasteiger partial charge in [0.05, 0.1) is 3.57 Å². The average molecular weight is 250 g/mol. The van der Waals surface area contributed by atoms with Crippen LogP contribution in [0.3, 0.4) is 0 Å². The Balaban J connectivity index is 3.31. The standard InChI is InChI=1S/C7H7IO2/c1-4-2-5(9)3-6(8)7(4)10/h2-3,9-10H,1H3. The summed E-state index contributed by atoms with van der Waals surface area (Å²) in [5.74, 6) is 0.443. The second-order valence-electron chi connectivity index (χ2n) is 2.09. The molecule has 0 aliphatic heterocycles. The maximum atomic E-state index is 9.21. The fourth-order valence-electron chi connectivity index (χ4n) is 0.718. The molecule has 0 aromatic heterocycles. The predicted molar refractivity (Wildman–Crippen MR) is 47.2 cm³/mol. The summed E-state index contributed by atoms with van der Waals surface area (Å²) in [5.41, 5.74) is 0.699. The van der Waals surface area contributed by atoms with E-state index in [1.165, 1.54) is 12.1 Å². The molecule has 0 unspecified atom stereocenters. The van der Waals surface area contributed by atoms with Crippen LogP contribution in [0.4, 0.5) is 0 Å². The van der Waals surface area contributed by atoms with Gasteiger partial charge < -0.3 is 10.2 Å². The molecule has 54 valence electrons. The maximum absolute atomic E-state index is 9.21. The number of hydrogen-bond donors (Lipinski definition) is 2. The normalized spacial score (nSPS) is 9.80. The molecule has 0 aliphatic rings. The number of rotatable bonds is 0. The van der Waals surface area contributed by atoms with Crippen molar-refractivity contribution in [3.05, 3.63) is 21.3 Å². The van der Waals surface area contributed by atoms with Crippen molar-refractivity contribution in [2.75, 3.05) is 0 Å². The molecule has 10 heavy (non-hydrogen) atoms. The highest BCUT2D eigenvalue weighted by atomic mass is 127. The zero-order chi connectivity index (χ0) is 7.72. The minimum Gasteiger partial charge on any atom is -0.508 e. The van der Waals surface area contributed by atoms with Crippen molar-refractivity contribution in [2.24, 2.45) is 0 Å². The van der Waals surface area contributed by atoms with Gasteiger partial charge in [-0.25, -0.2) is 0 Å². The number of phenolic OH excluding ortho intramolecular Hbond substituents is 2. The van der Waals surface area contributed by atoms with E-state index < -0.39 is 0 Å². The van der Waals surface area contributed by atoms with E-state index in [2.05, 4.69) is 0 Å². The van der Waals surface area contributed by atoms with E-state index in [1.54, 1.807) is 6.92 Å². The Labute approximate surface area is 72.6 Å². The molecule has 2 nitrogen and oxygen atoms in total. The van der Waals surface area contributed by atoms with Crippen LogP contribution in [0, 0.1) is 10.5 Å². The Bertz CT molecular complexity index is 235. The summed E-state index contributed by atoms with van der Waals surface area (Å²) in [4.78, 5) is 0. The first-order chi connectivity index (χ1) is 4.61. The zero-order valence-electron chi connectivity index (χ0n) is 5.43. The molecular weight excluding hydrogens is 243 g/mol. The first-order valence-electron chi connectivity index (χ1n) is 2.79. The molecular formula is C7H7IO2. The number of benzene rings is 1. The van der Waals surface area contributed by atoms with Crippen molar-refractivity contribution >= 4 is 22.6 Å². The van der Waals surface area contributed by atoms with Crippen LogP contribution in [-0.2, 0) is 0 Å². The van der Waals surface area contributed by atoms with E-state index >= 15 is 0 Å². The Morgan fingerprint density at radius 2 is 1.90 bits per heavy atom. The molecule has 1 rings (SSSR count). The van der Waals surface area contributed by atoms with Crippen LogP contribution in [0.2, 0.25) is 0 Å². The van der Waals surface area contributed by atoms with Gasteiger partial charge in [-0.15, -0.1) is 0 Å². The van der Waals surface area contributed by atoms with Crippen molar-refractivity contribution in [3.63, 3.8) is 0 Å². The maximum Gasteiger partial charge on any atom is 0.132 e. The number of halogens is 1. The van der Waals surface area contributed by atoms with E-state index in [0.717, 1.165) is 0 Å². The minimum absolute atomic E-state index is 0.194. The highest BCUT2D eigenvalue weighted by Crippen LogP contribution is 2.27. The lowest BCUT2D eigenvalue weighted by Crippen LogP contribution is -1.78. The van der Waals surface area contributed by atoms with Gasteiger partial charge in [0.15, 0.2) is 0 Å². The lowest BCUT2D eigenvalue weighted by atomic mass is 10.2. The van der Waals surface area contributed by atoms with Crippen LogP contribution in [0.25, 0.3) is 0 Å². The van der Waals surface area contributed by atoms with Crippen molar-refractivity contribution in [3.8, 4) is 11.5 Å². The Morgan fingerprint density at radius 1 is 1.30 bits per heavy atom. The molecule has 0 radical (unpaired) electrons. The lowest BCUT2D eigenvalue weighted by molar-refractivity contribution is 0.453. The van der Waals surface area contributed by atoms with E-state index in [1.807, 2.05) is 22.6 Å². The van der Waals surface area contributed by atoms with Gasteiger partial charge in [0.2, 0.25) is 0 Å². The quantitative estimate of drug-likeness (QED) is 0.546. The Hall–Kier alpha value is -0.450. The van der Waals surface area contributed by atoms with Crippen LogP contribution in [-0.4, -0.2) is 10.2 Å². The second-order valence-corrected chi connectivity index (χ2v) is 3.26. The highest BCUT2D eigenvalue weighted by molar-refractivity contribution is 14.1. The molecule has 3 heteroatoms. The van der Waals surface area contributed by atoms with Gasteiger partial charge >= 0.3 is 0 Å². The van der Waals surface area contributed by atoms with Crippen LogP contribution < -0.4 is 0 Å². The van der Waals surface area contributed by atoms with Crippen molar-refractivity contribution < 1.29 is 10.2 Å². The third-order valence-corrected chi connectivity index (χ3v) is 2.06. The summed E-state index contributed by atoms with van der Waals surface area (Å²) in [6.07, 6.45) is 0. The SMILES string of the molecule is Cc1cc(O)cc(I)c1O. The topological polar surface area (TPSA) is 40.5 Å². The molecule has 0 aliphatic carbocycles. The van der Waals surface area contributed by atoms with Gasteiger partial charge in [-0.1, -0.05) is 0 Å². The molecule has 0 fully saturated rings. The highest BCUT2D eigenvalue weighted by Gasteiger charge is 2.01. The van der Waals surface area contributed by atoms with Gasteiger partial charge in [-0.3, -0.25) is 0 Å². The molecule has 0 saturated heterocycles. The first-order valence-corrected chi connectivity index (χ1v) is 3.87. The monoisotopic (exact) mass is 250 g/mol. The molecule has 1 aromatic carbocycles. The van der Waals surface area contributed by atoms with Gasteiger partial charge in [0.1, 0.15) is 11.5 Å². The van der Waals surface area contributed by atoms with Crippen molar-refractivity contribution in [2.45, 2.75) is 6.92 Å². The summed E-state index contributed by atoms with van der Waals surface area (Å²) < 4.78 is 0.676. The summed E-state index contributed by atoms with van der Waals surface area (Å²) in [5, 5.41) is 18.2. The van der Waals surface area contributed by atoms with Gasteiger partial charge in [-0.05, 0) is 47.2 Å². The van der Waals surface area contributed by atoms with Gasteiger partial charge in [0.25, 0.3) is 0 Å². The molecule has 0 heterocycles. The van der Waals surface area contributed by atoms with Crippen LogP contribution in [0.1, 0.15) is 5.56 Å². The molecule has 0 saturated carbocycles. The molecule has 0 amide bonds. The van der Waals surface area contributed by atoms with E-state index in [4.69, 9.17) is 5.11 Å². The summed E-state index contributed by atoms with van der Waals surface area (Å²) in [6.45, 7) is 1.75. The largest absolute Gasteiger partial charge is 0.508 e. The molecule has 0 atom stereocenters. The van der Waals surface area contributed by atoms with Crippen LogP contribution >= 0.6 is 22.6 Å². The number of phenols is 2. The van der Waals surface area contributed by atoms with Crippen LogP contribution in [0.5, 0.6) is 11.5 Å². The molecule has 2 N–H and O–H groups in total. The van der Waals surface area contributed by atoms with E-state index in [9.17, 15) is 5.11 Å². The van der Waals surface area contributed by atoms with Gasteiger partial charge in [-0.2, -0.15) is 0 Å². The second kappa shape index (κ2) is 2.65. The third-order valence-electron chi connectivity index (χ3n) is 1.24. The van der Waals surface area contributed by atoms with Crippen LogP contribution in [0.15, 0.2) is 12.1 Å². The molecule has 1 aromatic rings. The molecule has 0 spiro atoms. The number of aryl methyl sites for hydroxylation is 1. The minimum atomic E-state index is 0.194. The molecule has 0 bridgehead atoms. The first kappa shape index (κ1) is 7.65. The van der Waals surface area contributed by atoms with Crippen molar-refractivity contribution in [1.29, 1.82) is 0 Å². The van der Waals surface area contributed by atoms with Gasteiger partial charge in [0, 0.05) is 0 Å². The summed E-state index contributed by atoms with van der Waals surface area (Å²) in [6, 6.07) is 3.04. The summed E-state index contributed by atoms with van der Waals surface area (Å²) in [7, 11) is 0. The third kappa shape index (κ3) is 1.34. The van der Waals surface area contributed by atoms with E-state index in [0.29, 0.717) is 9.13 Å². The fourth-order valence-corrected chi connectivity index (χ4v) is 1.46. The number of hydrogen-bond acceptors (Lipinski definition) is 2. The lowest BCUT2D eigenvalue weighted by Gasteiger charge is -2.00. The average Bonchev–Trinajstić information content (AvgIpc) is 1.82. The Kier molecular flexibility index (Phi) is 2.03. The predicted octanol–water partition coefficient (Wildman–Crippen LogP) is 2.01. The number of aromatic hydroxyl groups is 2. The zero-order valence-corrected chi connectivity index (χ0v) is 7.58. The van der Waals surface area contributed by atoms with E-state index in [-0.39, 0.29) is 11.5 Å².